The molecule has 1 aromatic heterocycles. The second kappa shape index (κ2) is 10.4. The number of amides is 1. The highest BCUT2D eigenvalue weighted by molar-refractivity contribution is 7.99. The molecular weight excluding hydrogens is 424 g/mol. The van der Waals surface area contributed by atoms with Crippen molar-refractivity contribution < 1.29 is 18.3 Å². The Labute approximate surface area is 182 Å². The summed E-state index contributed by atoms with van der Waals surface area (Å²) in [6, 6.07) is 12.7. The normalized spacial score (nSPS) is 11.3. The first-order valence-electron chi connectivity index (χ1n) is 9.92. The van der Waals surface area contributed by atoms with Crippen LogP contribution in [0.2, 0.25) is 0 Å². The Hall–Kier alpha value is -2.94. The zero-order chi connectivity index (χ0) is 22.4. The molecule has 0 fully saturated rings. The lowest BCUT2D eigenvalue weighted by molar-refractivity contribution is -0.119. The number of hydrogen-bond acceptors (Lipinski definition) is 5. The number of nitrogens with one attached hydrogen (secondary N) is 1. The number of carbonyl (C=O) groups is 1. The van der Waals surface area contributed by atoms with E-state index in [2.05, 4.69) is 15.0 Å². The van der Waals surface area contributed by atoms with E-state index in [4.69, 9.17) is 0 Å². The molecule has 0 bridgehead atoms. The van der Waals surface area contributed by atoms with Crippen LogP contribution in [0.4, 0.5) is 8.78 Å². The zero-order valence-corrected chi connectivity index (χ0v) is 18.0. The molecule has 0 atom stereocenters. The van der Waals surface area contributed by atoms with Crippen LogP contribution in [0.5, 0.6) is 5.75 Å². The predicted octanol–water partition coefficient (Wildman–Crippen LogP) is 4.38. The van der Waals surface area contributed by atoms with Gasteiger partial charge in [-0.3, -0.25) is 14.2 Å². The lowest BCUT2D eigenvalue weighted by Gasteiger charge is -2.16. The number of benzene rings is 2. The number of nitrogens with zero attached hydrogens (tertiary/aromatic N) is 2. The molecule has 0 aliphatic heterocycles. The molecule has 0 unspecified atom stereocenters. The van der Waals surface area contributed by atoms with Gasteiger partial charge in [-0.15, -0.1) is 0 Å². The van der Waals surface area contributed by atoms with Crippen LogP contribution >= 0.6 is 11.8 Å². The standard InChI is InChI=1S/C22H23F2N3O3S/c1-3-14(4-2)25-19(28)13-31-22-26-18-8-6-5-7-17(18)20(29)27(22)15-9-11-16(12-10-15)30-21(23)24/h5-12,14,21H,3-4,13H2,1-2H3,(H,25,28). The second-order valence-corrected chi connectivity index (χ2v) is 7.74. The smallest absolute Gasteiger partial charge is 0.387 e. The van der Waals surface area contributed by atoms with Crippen molar-refractivity contribution in [2.45, 2.75) is 44.5 Å². The van der Waals surface area contributed by atoms with Crippen molar-refractivity contribution in [3.05, 3.63) is 58.9 Å². The van der Waals surface area contributed by atoms with Gasteiger partial charge in [-0.1, -0.05) is 37.7 Å². The van der Waals surface area contributed by atoms with Crippen molar-refractivity contribution in [2.24, 2.45) is 0 Å². The number of thioether (sulfide) groups is 1. The van der Waals surface area contributed by atoms with Crippen molar-refractivity contribution in [3.63, 3.8) is 0 Å². The summed E-state index contributed by atoms with van der Waals surface area (Å²) in [6.45, 7) is 1.08. The number of fused-ring (bicyclic) bond motifs is 1. The summed E-state index contributed by atoms with van der Waals surface area (Å²) in [5, 5.41) is 3.72. The highest BCUT2D eigenvalue weighted by Crippen LogP contribution is 2.23. The Morgan fingerprint density at radius 2 is 1.81 bits per heavy atom. The van der Waals surface area contributed by atoms with Gasteiger partial charge in [0.25, 0.3) is 5.56 Å². The summed E-state index contributed by atoms with van der Waals surface area (Å²) in [7, 11) is 0. The largest absolute Gasteiger partial charge is 0.435 e. The fourth-order valence-corrected chi connectivity index (χ4v) is 3.93. The third-order valence-corrected chi connectivity index (χ3v) is 5.69. The van der Waals surface area contributed by atoms with Gasteiger partial charge in [-0.2, -0.15) is 8.78 Å². The molecule has 3 aromatic rings. The second-order valence-electron chi connectivity index (χ2n) is 6.79. The van der Waals surface area contributed by atoms with Gasteiger partial charge in [0.2, 0.25) is 5.91 Å². The fourth-order valence-electron chi connectivity index (χ4n) is 3.11. The average Bonchev–Trinajstić information content (AvgIpc) is 2.76. The van der Waals surface area contributed by atoms with Gasteiger partial charge in [0.1, 0.15) is 5.75 Å². The van der Waals surface area contributed by atoms with Crippen molar-refractivity contribution in [1.82, 2.24) is 14.9 Å². The van der Waals surface area contributed by atoms with Crippen molar-refractivity contribution in [3.8, 4) is 11.4 Å². The molecule has 0 aliphatic carbocycles. The molecular formula is C22H23F2N3O3S. The predicted molar refractivity (Wildman–Crippen MR) is 117 cm³/mol. The van der Waals surface area contributed by atoms with E-state index in [1.165, 1.54) is 28.8 Å². The quantitative estimate of drug-likeness (QED) is 0.389. The van der Waals surface area contributed by atoms with Crippen LogP contribution in [0, 0.1) is 0 Å². The Bertz CT molecular complexity index is 1100. The summed E-state index contributed by atoms with van der Waals surface area (Å²) in [4.78, 5) is 30.1. The van der Waals surface area contributed by atoms with Gasteiger partial charge in [-0.25, -0.2) is 4.98 Å². The minimum absolute atomic E-state index is 0.0145. The van der Waals surface area contributed by atoms with E-state index >= 15 is 0 Å². The Morgan fingerprint density at radius 1 is 1.13 bits per heavy atom. The maximum absolute atomic E-state index is 13.2. The highest BCUT2D eigenvalue weighted by Gasteiger charge is 2.16. The van der Waals surface area contributed by atoms with E-state index < -0.39 is 6.61 Å². The maximum Gasteiger partial charge on any atom is 0.387 e. The first kappa shape index (κ1) is 22.7. The third kappa shape index (κ3) is 5.61. The Balaban J connectivity index is 1.96. The molecule has 9 heteroatoms. The molecule has 0 aliphatic rings. The minimum atomic E-state index is -2.93. The lowest BCUT2D eigenvalue weighted by atomic mass is 10.2. The molecule has 1 heterocycles. The number of rotatable bonds is 9. The van der Waals surface area contributed by atoms with E-state index in [1.54, 1.807) is 24.3 Å². The van der Waals surface area contributed by atoms with Crippen LogP contribution in [0.1, 0.15) is 26.7 Å². The van der Waals surface area contributed by atoms with Crippen molar-refractivity contribution in [1.29, 1.82) is 0 Å². The monoisotopic (exact) mass is 447 g/mol. The molecule has 1 amide bonds. The summed E-state index contributed by atoms with van der Waals surface area (Å²) >= 11 is 1.15. The molecule has 1 N–H and O–H groups in total. The van der Waals surface area contributed by atoms with Gasteiger partial charge in [-0.05, 0) is 49.2 Å². The van der Waals surface area contributed by atoms with Gasteiger partial charge < -0.3 is 10.1 Å². The highest BCUT2D eigenvalue weighted by atomic mass is 32.2. The van der Waals surface area contributed by atoms with E-state index in [0.717, 1.165) is 24.6 Å². The van der Waals surface area contributed by atoms with Crippen LogP contribution in [0.3, 0.4) is 0 Å². The molecule has 0 radical (unpaired) electrons. The summed E-state index contributed by atoms with van der Waals surface area (Å²) in [5.74, 6) is -0.0685. The molecule has 0 spiro atoms. The number of ether oxygens (including phenoxy) is 1. The van der Waals surface area contributed by atoms with Crippen molar-refractivity contribution >= 4 is 28.6 Å². The van der Waals surface area contributed by atoms with Gasteiger partial charge >= 0.3 is 6.61 Å². The van der Waals surface area contributed by atoms with Crippen LogP contribution in [-0.4, -0.2) is 33.9 Å². The van der Waals surface area contributed by atoms with Crippen molar-refractivity contribution in [2.75, 3.05) is 5.75 Å². The Morgan fingerprint density at radius 3 is 2.45 bits per heavy atom. The topological polar surface area (TPSA) is 73.2 Å². The fraction of sp³-hybridized carbons (Fsp3) is 0.318. The maximum atomic E-state index is 13.2. The average molecular weight is 448 g/mol. The van der Waals surface area contributed by atoms with Crippen LogP contribution < -0.4 is 15.6 Å². The van der Waals surface area contributed by atoms with Crippen LogP contribution in [0.25, 0.3) is 16.6 Å². The van der Waals surface area contributed by atoms with E-state index in [9.17, 15) is 18.4 Å². The minimum Gasteiger partial charge on any atom is -0.435 e. The molecule has 164 valence electrons. The van der Waals surface area contributed by atoms with E-state index in [0.29, 0.717) is 21.7 Å². The van der Waals surface area contributed by atoms with Crippen LogP contribution in [0.15, 0.2) is 58.5 Å². The number of para-hydroxylation sites is 1. The number of halogens is 2. The SMILES string of the molecule is CCC(CC)NC(=O)CSc1nc2ccccc2c(=O)n1-c1ccc(OC(F)F)cc1. The van der Waals surface area contributed by atoms with Gasteiger partial charge in [0.15, 0.2) is 5.16 Å². The summed E-state index contributed by atoms with van der Waals surface area (Å²) < 4.78 is 30.6. The summed E-state index contributed by atoms with van der Waals surface area (Å²) in [5.41, 5.74) is 0.646. The third-order valence-electron chi connectivity index (χ3n) is 4.75. The molecule has 3 rings (SSSR count). The number of carbonyl (C=O) groups excluding carboxylic acids is 1. The van der Waals surface area contributed by atoms with E-state index in [1.807, 2.05) is 13.8 Å². The molecule has 0 saturated carbocycles. The molecule has 2 aromatic carbocycles. The molecule has 0 saturated heterocycles. The molecule has 31 heavy (non-hydrogen) atoms. The Kier molecular flexibility index (Phi) is 7.62. The van der Waals surface area contributed by atoms with Gasteiger partial charge in [0.05, 0.1) is 22.3 Å². The zero-order valence-electron chi connectivity index (χ0n) is 17.2. The first-order chi connectivity index (χ1) is 14.9. The number of hydrogen-bond donors (Lipinski definition) is 1. The summed E-state index contributed by atoms with van der Waals surface area (Å²) in [6.07, 6.45) is 1.66. The number of aromatic nitrogens is 2. The van der Waals surface area contributed by atoms with E-state index in [-0.39, 0.29) is 29.0 Å². The van der Waals surface area contributed by atoms with Gasteiger partial charge in [0, 0.05) is 6.04 Å². The number of alkyl halides is 2. The van der Waals surface area contributed by atoms with Crippen LogP contribution in [-0.2, 0) is 4.79 Å². The molecule has 6 nitrogen and oxygen atoms in total. The lowest BCUT2D eigenvalue weighted by Crippen LogP contribution is -2.35. The first-order valence-corrected chi connectivity index (χ1v) is 10.9.